The maximum absolute atomic E-state index is 13.6. The number of hydrogen-bond donors (Lipinski definition) is 8. The summed E-state index contributed by atoms with van der Waals surface area (Å²) in [5.74, 6) is 3.53. The van der Waals surface area contributed by atoms with Gasteiger partial charge in [0.25, 0.3) is 0 Å². The van der Waals surface area contributed by atoms with Crippen LogP contribution in [-0.4, -0.2) is 90.6 Å². The van der Waals surface area contributed by atoms with E-state index in [9.17, 15) is 57.1 Å². The quantitative estimate of drug-likeness (QED) is 0.0469. The Balaban J connectivity index is 0.000000121. The number of rotatable bonds is 14. The van der Waals surface area contributed by atoms with Gasteiger partial charge < -0.3 is 21.3 Å². The Morgan fingerprint density at radius 3 is 1.16 bits per heavy atom. The number of aromatic nitrogens is 18. The molecule has 35 heteroatoms. The SMILES string of the molecule is CC(C)(C)c1cc(Nc2[nH]nc3ncccc23)nc(-c2ccccc2C(F)(F)F)n1.Cc1cc(Nc2n[nH]c3ccc(F)cc23)nc(-c2ccccc2C(F)(F)F)n1.FC(F)(F)c1ccccc1-c1nc(Nc2[nH]nc3ncccc23)cc(C2CC2)n1.FC(F)(F)c1ccccc1-c1nc(Nc2n[nH]c3ccccc23)cc(C2CC2)n1. The van der Waals surface area contributed by atoms with Gasteiger partial charge in [-0.1, -0.05) is 106 Å². The van der Waals surface area contributed by atoms with Gasteiger partial charge >= 0.3 is 24.7 Å². The first-order valence-electron chi connectivity index (χ1n) is 35.8. The van der Waals surface area contributed by atoms with Crippen molar-refractivity contribution in [2.24, 2.45) is 0 Å². The van der Waals surface area contributed by atoms with Crippen LogP contribution in [0.15, 0.2) is 200 Å². The minimum absolute atomic E-state index is 0.000189. The van der Waals surface area contributed by atoms with Gasteiger partial charge in [-0.2, -0.15) is 73.1 Å². The van der Waals surface area contributed by atoms with E-state index in [1.807, 2.05) is 57.2 Å². The molecule has 0 unspecified atom stereocenters. The summed E-state index contributed by atoms with van der Waals surface area (Å²) in [6.07, 6.45) is -10.9. The van der Waals surface area contributed by atoms with Gasteiger partial charge in [-0.3, -0.25) is 20.4 Å². The molecule has 0 aliphatic heterocycles. The number of hydrogen-bond acceptors (Lipinski definition) is 18. The minimum Gasteiger partial charge on any atom is -0.325 e. The molecule has 0 radical (unpaired) electrons. The molecule has 18 rings (SSSR count). The van der Waals surface area contributed by atoms with Crippen molar-refractivity contribution >= 4 is 90.4 Å². The molecule has 0 saturated heterocycles. The molecule has 10 heterocycles. The Morgan fingerprint density at radius 2 is 0.716 bits per heavy atom. The van der Waals surface area contributed by atoms with Gasteiger partial charge in [0.1, 0.15) is 40.7 Å². The van der Waals surface area contributed by atoms with Crippen LogP contribution in [0.2, 0.25) is 0 Å². The Kier molecular flexibility index (Phi) is 20.9. The lowest BCUT2D eigenvalue weighted by molar-refractivity contribution is -0.137. The highest BCUT2D eigenvalue weighted by molar-refractivity contribution is 5.93. The maximum atomic E-state index is 13.6. The van der Waals surface area contributed by atoms with E-state index in [4.69, 9.17) is 0 Å². The standard InChI is InChI=1S/C21H19F3N6.C21H16F3N5.C20H15F3N6.C19H13F4N5/c1-20(2,3)15-11-16(28-19-13-8-6-10-25-17(13)29-30-19)27-18(26-15)12-7-4-5-9-14(12)21(22,23)24;22-21(23,24)15-7-3-1-5-13(15)19-25-17(12-9-10-12)11-18(26-19)27-20-14-6-2-4-8-16(14)28-29-20;21-20(22,23)14-6-2-1-4-12(14)18-25-15(11-7-8-11)10-16(26-18)27-19-13-5-3-9-24-17(13)28-29-19;1-10-8-16(26-18-13-9-11(20)6-7-15(13)27-28-18)25-17(24-10)12-4-2-3-5-14(12)19(21,22)23/h4-11H,1-3H3,(H2,25,26,27,28,29,30);1-8,11-12H,9-10H2,(H2,25,26,27,28,29);1-6,9-11H,7-8H2,(H2,24,25,26,27,28,29);2-9H,1H3,(H2,24,25,26,27,28). The van der Waals surface area contributed by atoms with E-state index in [0.717, 1.165) is 83.0 Å². The number of para-hydroxylation sites is 1. The van der Waals surface area contributed by atoms with Gasteiger partial charge in [-0.15, -0.1) is 0 Å². The van der Waals surface area contributed by atoms with Crippen molar-refractivity contribution in [3.8, 4) is 45.6 Å². The molecule has 6 aromatic carbocycles. The van der Waals surface area contributed by atoms with E-state index in [-0.39, 0.29) is 63.2 Å². The number of fused-ring (bicyclic) bond motifs is 4. The molecule has 2 aliphatic rings. The fourth-order valence-corrected chi connectivity index (χ4v) is 12.5. The van der Waals surface area contributed by atoms with E-state index >= 15 is 0 Å². The molecular formula is C81H63F13N22. The lowest BCUT2D eigenvalue weighted by Gasteiger charge is -2.20. The summed E-state index contributed by atoms with van der Waals surface area (Å²) in [5, 5.41) is 43.2. The second-order valence-electron chi connectivity index (χ2n) is 28.0. The Hall–Kier alpha value is -13.9. The molecule has 2 aliphatic carbocycles. The first-order chi connectivity index (χ1) is 55.4. The Labute approximate surface area is 648 Å². The summed E-state index contributed by atoms with van der Waals surface area (Å²) < 4.78 is 175. The molecule has 0 amide bonds. The van der Waals surface area contributed by atoms with Crippen LogP contribution >= 0.6 is 0 Å². The number of aromatic amines is 4. The highest BCUT2D eigenvalue weighted by Crippen LogP contribution is 2.46. The van der Waals surface area contributed by atoms with Gasteiger partial charge in [0.05, 0.1) is 49.8 Å². The van der Waals surface area contributed by atoms with E-state index in [0.29, 0.717) is 74.3 Å². The molecule has 116 heavy (non-hydrogen) atoms. The maximum Gasteiger partial charge on any atom is 0.417 e. The van der Waals surface area contributed by atoms with E-state index in [1.54, 1.807) is 80.0 Å². The summed E-state index contributed by atoms with van der Waals surface area (Å²) in [6.45, 7) is 7.46. The third-order valence-electron chi connectivity index (χ3n) is 18.4. The third kappa shape index (κ3) is 17.6. The number of nitrogens with one attached hydrogen (secondary N) is 8. The summed E-state index contributed by atoms with van der Waals surface area (Å²) in [7, 11) is 0. The molecule has 16 aromatic rings. The zero-order valence-electron chi connectivity index (χ0n) is 61.2. The zero-order valence-corrected chi connectivity index (χ0v) is 61.2. The van der Waals surface area contributed by atoms with Crippen molar-refractivity contribution in [1.29, 1.82) is 0 Å². The summed E-state index contributed by atoms with van der Waals surface area (Å²) in [5.41, 5.74) is 1.30. The summed E-state index contributed by atoms with van der Waals surface area (Å²) in [6, 6.07) is 47.0. The van der Waals surface area contributed by atoms with Gasteiger partial charge in [-0.25, -0.2) is 54.2 Å². The first kappa shape index (κ1) is 77.4. The van der Waals surface area contributed by atoms with E-state index < -0.39 is 58.2 Å². The van der Waals surface area contributed by atoms with Crippen LogP contribution in [0.5, 0.6) is 0 Å². The van der Waals surface area contributed by atoms with E-state index in [2.05, 4.69) is 112 Å². The molecule has 8 N–H and O–H groups in total. The van der Waals surface area contributed by atoms with Crippen molar-refractivity contribution in [2.45, 2.75) is 95.3 Å². The van der Waals surface area contributed by atoms with E-state index in [1.165, 1.54) is 66.7 Å². The number of halogens is 13. The number of pyridine rings is 2. The molecule has 0 atom stereocenters. The lowest BCUT2D eigenvalue weighted by atomic mass is 9.91. The molecule has 2 fully saturated rings. The largest absolute Gasteiger partial charge is 0.417 e. The van der Waals surface area contributed by atoms with Gasteiger partial charge in [0, 0.05) is 104 Å². The Bertz CT molecular complexity index is 6080. The molecule has 22 nitrogen and oxygen atoms in total. The Morgan fingerprint density at radius 1 is 0.345 bits per heavy atom. The zero-order chi connectivity index (χ0) is 81.4. The number of benzene rings is 6. The average Bonchev–Trinajstić information content (AvgIpc) is 1.76. The number of H-pyrrole nitrogens is 4. The van der Waals surface area contributed by atoms with Crippen molar-refractivity contribution in [1.82, 2.24) is 90.6 Å². The second-order valence-corrected chi connectivity index (χ2v) is 28.0. The average molecular weight is 1590 g/mol. The summed E-state index contributed by atoms with van der Waals surface area (Å²) in [4.78, 5) is 43.2. The molecule has 2 saturated carbocycles. The summed E-state index contributed by atoms with van der Waals surface area (Å²) >= 11 is 0. The predicted octanol–water partition coefficient (Wildman–Crippen LogP) is 21.4. The number of anilines is 8. The van der Waals surface area contributed by atoms with Crippen LogP contribution in [0.3, 0.4) is 0 Å². The predicted molar refractivity (Wildman–Crippen MR) is 410 cm³/mol. The lowest BCUT2D eigenvalue weighted by Crippen LogP contribution is -2.16. The number of nitrogens with zero attached hydrogens (tertiary/aromatic N) is 14. The van der Waals surface area contributed by atoms with Crippen LogP contribution in [-0.2, 0) is 30.1 Å². The van der Waals surface area contributed by atoms with Crippen molar-refractivity contribution in [3.05, 3.63) is 251 Å². The number of aryl methyl sites for hydroxylation is 1. The van der Waals surface area contributed by atoms with Crippen LogP contribution in [0.1, 0.15) is 103 Å². The molecule has 0 bridgehead atoms. The van der Waals surface area contributed by atoms with Crippen LogP contribution < -0.4 is 21.3 Å². The van der Waals surface area contributed by atoms with Gasteiger partial charge in [0.2, 0.25) is 0 Å². The second kappa shape index (κ2) is 31.2. The van der Waals surface area contributed by atoms with Crippen LogP contribution in [0.4, 0.5) is 104 Å². The fourth-order valence-electron chi connectivity index (χ4n) is 12.5. The number of alkyl halides is 12. The van der Waals surface area contributed by atoms with Crippen LogP contribution in [0.25, 0.3) is 89.4 Å². The molecule has 588 valence electrons. The highest BCUT2D eigenvalue weighted by Gasteiger charge is 2.39. The van der Waals surface area contributed by atoms with Crippen molar-refractivity contribution in [3.63, 3.8) is 0 Å². The minimum atomic E-state index is -4.53. The normalized spacial score (nSPS) is 13.2. The molecule has 0 spiro atoms. The topological polar surface area (TPSA) is 292 Å². The fraction of sp³-hybridized carbons (Fsp3) is 0.185. The van der Waals surface area contributed by atoms with Gasteiger partial charge in [-0.05, 0) is 111 Å². The molecule has 10 aromatic heterocycles. The third-order valence-corrected chi connectivity index (χ3v) is 18.4. The monoisotopic (exact) mass is 1590 g/mol. The smallest absolute Gasteiger partial charge is 0.325 e. The van der Waals surface area contributed by atoms with Crippen LogP contribution in [0, 0.1) is 12.7 Å². The highest BCUT2D eigenvalue weighted by atomic mass is 19.4. The van der Waals surface area contributed by atoms with Crippen molar-refractivity contribution < 1.29 is 57.1 Å². The van der Waals surface area contributed by atoms with Gasteiger partial charge in [0.15, 0.2) is 46.2 Å². The first-order valence-corrected chi connectivity index (χ1v) is 35.8. The molecular weight excluding hydrogens is 1530 g/mol. The van der Waals surface area contributed by atoms with Crippen molar-refractivity contribution in [2.75, 3.05) is 21.3 Å².